The first-order valence-corrected chi connectivity index (χ1v) is 9.98. The van der Waals surface area contributed by atoms with Crippen molar-refractivity contribution in [1.82, 2.24) is 15.0 Å². The van der Waals surface area contributed by atoms with Gasteiger partial charge in [0, 0.05) is 12.6 Å². The molecule has 1 aromatic heterocycles. The minimum atomic E-state index is -0.131. The molecule has 6 heteroatoms. The Morgan fingerprint density at radius 2 is 1.97 bits per heavy atom. The number of carbonyl (C=O) groups excluding carboxylic acids is 1. The Kier molecular flexibility index (Phi) is 5.60. The first-order chi connectivity index (χ1) is 14.1. The largest absolute Gasteiger partial charge is 0.483 e. The summed E-state index contributed by atoms with van der Waals surface area (Å²) in [6.07, 6.45) is 4.48. The van der Waals surface area contributed by atoms with Crippen LogP contribution >= 0.6 is 0 Å². The summed E-state index contributed by atoms with van der Waals surface area (Å²) in [5, 5.41) is 4.05. The fourth-order valence-corrected chi connectivity index (χ4v) is 3.67. The molecule has 0 saturated heterocycles. The summed E-state index contributed by atoms with van der Waals surface area (Å²) in [6, 6.07) is 14.0. The number of amides is 1. The molecule has 0 bridgehead atoms. The lowest BCUT2D eigenvalue weighted by Crippen LogP contribution is -2.31. The number of carbonyl (C=O) groups is 1. The van der Waals surface area contributed by atoms with Crippen molar-refractivity contribution < 1.29 is 14.1 Å². The number of hydrogen-bond donors (Lipinski definition) is 0. The third kappa shape index (κ3) is 4.31. The number of fused-ring (bicyclic) bond motifs is 1. The minimum absolute atomic E-state index is 0.00819. The Hall–Kier alpha value is -3.15. The van der Waals surface area contributed by atoms with Crippen molar-refractivity contribution in [3.05, 3.63) is 65.0 Å². The van der Waals surface area contributed by atoms with Crippen LogP contribution in [0.25, 0.3) is 11.4 Å². The topological polar surface area (TPSA) is 68.5 Å². The van der Waals surface area contributed by atoms with Gasteiger partial charge in [-0.3, -0.25) is 4.79 Å². The highest BCUT2D eigenvalue weighted by Gasteiger charge is 2.18. The van der Waals surface area contributed by atoms with Crippen LogP contribution in [0.4, 0.5) is 0 Å². The summed E-state index contributed by atoms with van der Waals surface area (Å²) in [4.78, 5) is 18.5. The predicted molar refractivity (Wildman–Crippen MR) is 110 cm³/mol. The lowest BCUT2D eigenvalue weighted by molar-refractivity contribution is -0.132. The van der Waals surface area contributed by atoms with Gasteiger partial charge in [-0.2, -0.15) is 4.98 Å². The molecule has 0 aliphatic heterocycles. The number of aromatic nitrogens is 2. The molecule has 0 spiro atoms. The van der Waals surface area contributed by atoms with E-state index >= 15 is 0 Å². The van der Waals surface area contributed by atoms with Crippen LogP contribution in [0.15, 0.2) is 47.0 Å². The number of aryl methyl sites for hydroxylation is 2. The molecule has 3 aromatic rings. The summed E-state index contributed by atoms with van der Waals surface area (Å²) < 4.78 is 11.2. The van der Waals surface area contributed by atoms with Gasteiger partial charge in [-0.25, -0.2) is 0 Å². The van der Waals surface area contributed by atoms with E-state index in [0.717, 1.165) is 29.7 Å². The molecule has 0 unspecified atom stereocenters. The zero-order valence-electron chi connectivity index (χ0n) is 16.9. The zero-order valence-corrected chi connectivity index (χ0v) is 16.9. The lowest BCUT2D eigenvalue weighted by Gasteiger charge is -2.20. The van der Waals surface area contributed by atoms with Crippen LogP contribution in [0, 0.1) is 6.92 Å². The predicted octanol–water partition coefficient (Wildman–Crippen LogP) is 3.96. The number of ether oxygens (including phenoxy) is 1. The smallest absolute Gasteiger partial charge is 0.260 e. The normalized spacial score (nSPS) is 13.0. The van der Waals surface area contributed by atoms with Gasteiger partial charge in [0.2, 0.25) is 11.7 Å². The SMILES string of the molecule is Cc1ccccc1-c1noc(CN(C)C(=O)COc2cccc3c2CCCC3)n1. The molecular weight excluding hydrogens is 366 g/mol. The van der Waals surface area contributed by atoms with E-state index in [0.29, 0.717) is 11.7 Å². The minimum Gasteiger partial charge on any atom is -0.483 e. The zero-order chi connectivity index (χ0) is 20.2. The van der Waals surface area contributed by atoms with E-state index in [1.807, 2.05) is 43.3 Å². The molecule has 0 atom stereocenters. The lowest BCUT2D eigenvalue weighted by atomic mass is 9.91. The second kappa shape index (κ2) is 8.47. The number of benzene rings is 2. The van der Waals surface area contributed by atoms with Crippen molar-refractivity contribution in [3.8, 4) is 17.1 Å². The highest BCUT2D eigenvalue weighted by atomic mass is 16.5. The van der Waals surface area contributed by atoms with Crippen LogP contribution in [-0.2, 0) is 24.2 Å². The van der Waals surface area contributed by atoms with E-state index in [1.54, 1.807) is 11.9 Å². The monoisotopic (exact) mass is 391 g/mol. The van der Waals surface area contributed by atoms with Crippen LogP contribution in [0.5, 0.6) is 5.75 Å². The molecule has 1 aliphatic carbocycles. The Balaban J connectivity index is 1.37. The van der Waals surface area contributed by atoms with Crippen LogP contribution < -0.4 is 4.74 Å². The highest BCUT2D eigenvalue weighted by molar-refractivity contribution is 5.77. The van der Waals surface area contributed by atoms with Crippen molar-refractivity contribution in [2.75, 3.05) is 13.7 Å². The summed E-state index contributed by atoms with van der Waals surface area (Å²) >= 11 is 0. The number of nitrogens with zero attached hydrogens (tertiary/aromatic N) is 3. The molecule has 6 nitrogen and oxygen atoms in total. The van der Waals surface area contributed by atoms with Crippen LogP contribution in [0.3, 0.4) is 0 Å². The number of rotatable bonds is 6. The van der Waals surface area contributed by atoms with Crippen LogP contribution in [0.1, 0.15) is 35.4 Å². The Bertz CT molecular complexity index is 1010. The second-order valence-corrected chi connectivity index (χ2v) is 7.47. The van der Waals surface area contributed by atoms with E-state index in [2.05, 4.69) is 16.2 Å². The maximum atomic E-state index is 12.5. The quantitative estimate of drug-likeness (QED) is 0.636. The van der Waals surface area contributed by atoms with Gasteiger partial charge in [0.05, 0.1) is 6.54 Å². The van der Waals surface area contributed by atoms with Gasteiger partial charge < -0.3 is 14.2 Å². The summed E-state index contributed by atoms with van der Waals surface area (Å²) in [6.45, 7) is 2.24. The third-order valence-electron chi connectivity index (χ3n) is 5.36. The fourth-order valence-electron chi connectivity index (χ4n) is 3.67. The van der Waals surface area contributed by atoms with Crippen LogP contribution in [-0.4, -0.2) is 34.6 Å². The number of hydrogen-bond acceptors (Lipinski definition) is 5. The van der Waals surface area contributed by atoms with E-state index in [9.17, 15) is 4.79 Å². The molecule has 0 fully saturated rings. The Morgan fingerprint density at radius 3 is 2.83 bits per heavy atom. The van der Waals surface area contributed by atoms with Crippen molar-refractivity contribution in [3.63, 3.8) is 0 Å². The van der Waals surface area contributed by atoms with E-state index in [-0.39, 0.29) is 19.1 Å². The van der Waals surface area contributed by atoms with E-state index in [1.165, 1.54) is 24.0 Å². The maximum absolute atomic E-state index is 12.5. The van der Waals surface area contributed by atoms with Gasteiger partial charge in [0.15, 0.2) is 6.61 Å². The molecule has 0 N–H and O–H groups in total. The van der Waals surface area contributed by atoms with Crippen molar-refractivity contribution in [1.29, 1.82) is 0 Å². The molecule has 29 heavy (non-hydrogen) atoms. The van der Waals surface area contributed by atoms with Gasteiger partial charge in [-0.15, -0.1) is 0 Å². The third-order valence-corrected chi connectivity index (χ3v) is 5.36. The maximum Gasteiger partial charge on any atom is 0.260 e. The van der Waals surface area contributed by atoms with Crippen molar-refractivity contribution >= 4 is 5.91 Å². The second-order valence-electron chi connectivity index (χ2n) is 7.47. The Morgan fingerprint density at radius 1 is 1.14 bits per heavy atom. The Labute approximate surface area is 170 Å². The van der Waals surface area contributed by atoms with E-state index in [4.69, 9.17) is 9.26 Å². The summed E-state index contributed by atoms with van der Waals surface area (Å²) in [5.74, 6) is 1.62. The van der Waals surface area contributed by atoms with Gasteiger partial charge >= 0.3 is 0 Å². The van der Waals surface area contributed by atoms with Gasteiger partial charge in [-0.1, -0.05) is 41.6 Å². The molecular formula is C23H25N3O3. The van der Waals surface area contributed by atoms with Gasteiger partial charge in [0.1, 0.15) is 5.75 Å². The molecule has 1 heterocycles. The molecule has 1 amide bonds. The van der Waals surface area contributed by atoms with Crippen LogP contribution in [0.2, 0.25) is 0 Å². The fraction of sp³-hybridized carbons (Fsp3) is 0.348. The van der Waals surface area contributed by atoms with Crippen molar-refractivity contribution in [2.24, 2.45) is 0 Å². The first-order valence-electron chi connectivity index (χ1n) is 9.98. The highest BCUT2D eigenvalue weighted by Crippen LogP contribution is 2.29. The van der Waals surface area contributed by atoms with Gasteiger partial charge in [-0.05, 0) is 55.4 Å². The molecule has 0 radical (unpaired) electrons. The van der Waals surface area contributed by atoms with Crippen molar-refractivity contribution in [2.45, 2.75) is 39.2 Å². The standard InChI is InChI=1S/C23H25N3O3/c1-16-8-3-5-11-18(16)23-24-21(29-25-23)14-26(2)22(27)15-28-20-13-7-10-17-9-4-6-12-19(17)20/h3,5,7-8,10-11,13H,4,6,9,12,14-15H2,1-2H3. The first kappa shape index (κ1) is 19.2. The molecule has 150 valence electrons. The average molecular weight is 391 g/mol. The van der Waals surface area contributed by atoms with E-state index < -0.39 is 0 Å². The average Bonchev–Trinajstić information content (AvgIpc) is 3.20. The molecule has 2 aromatic carbocycles. The van der Waals surface area contributed by atoms with Gasteiger partial charge in [0.25, 0.3) is 5.91 Å². The molecule has 1 aliphatic rings. The summed E-state index contributed by atoms with van der Waals surface area (Å²) in [7, 11) is 1.71. The molecule has 0 saturated carbocycles. The summed E-state index contributed by atoms with van der Waals surface area (Å²) in [5.41, 5.74) is 4.58. The number of likely N-dealkylation sites (N-methyl/N-ethyl adjacent to an activating group) is 1. The molecule has 4 rings (SSSR count).